The molecule has 3 N–H and O–H groups in total. The average molecular weight is 206 g/mol. The normalized spacial score (nSPS) is 12.5. The first-order chi connectivity index (χ1) is 7.19. The second-order valence-electron chi connectivity index (χ2n) is 4.16. The van der Waals surface area contributed by atoms with E-state index in [1.165, 1.54) is 16.8 Å². The predicted octanol–water partition coefficient (Wildman–Crippen LogP) is 2.70. The molecule has 1 atom stereocenters. The molecule has 0 aliphatic carbocycles. The standard InChI is InChI=1S/C13H22N2/c1-4-12(8-14)9-15-13-10(2)6-5-7-11(13)3/h5-7,12,15H,4,8-9,14H2,1-3H3. The number of nitrogens with two attached hydrogens (primary N) is 1. The Morgan fingerprint density at radius 1 is 1.27 bits per heavy atom. The van der Waals surface area contributed by atoms with E-state index in [0.717, 1.165) is 19.5 Å². The molecule has 0 amide bonds. The molecule has 1 rings (SSSR count). The fourth-order valence-corrected chi connectivity index (χ4v) is 1.73. The lowest BCUT2D eigenvalue weighted by Crippen LogP contribution is -2.22. The molecule has 0 saturated carbocycles. The minimum atomic E-state index is 0.573. The summed E-state index contributed by atoms with van der Waals surface area (Å²) in [6, 6.07) is 6.37. The number of hydrogen-bond donors (Lipinski definition) is 2. The first kappa shape index (κ1) is 12.1. The lowest BCUT2D eigenvalue weighted by Gasteiger charge is -2.17. The Hall–Kier alpha value is -1.02. The van der Waals surface area contributed by atoms with E-state index in [1.807, 2.05) is 0 Å². The highest BCUT2D eigenvalue weighted by molar-refractivity contribution is 5.56. The number of nitrogens with one attached hydrogen (secondary N) is 1. The lowest BCUT2D eigenvalue weighted by molar-refractivity contribution is 0.548. The Bertz CT molecular complexity index is 283. The molecular weight excluding hydrogens is 184 g/mol. The summed E-state index contributed by atoms with van der Waals surface area (Å²) < 4.78 is 0. The van der Waals surface area contributed by atoms with E-state index in [4.69, 9.17) is 5.73 Å². The molecule has 15 heavy (non-hydrogen) atoms. The SMILES string of the molecule is CCC(CN)CNc1c(C)cccc1C. The fourth-order valence-electron chi connectivity index (χ4n) is 1.73. The number of hydrogen-bond acceptors (Lipinski definition) is 2. The first-order valence-corrected chi connectivity index (χ1v) is 5.69. The number of aryl methyl sites for hydroxylation is 2. The van der Waals surface area contributed by atoms with Crippen LogP contribution in [0.2, 0.25) is 0 Å². The van der Waals surface area contributed by atoms with Crippen LogP contribution in [0.3, 0.4) is 0 Å². The van der Waals surface area contributed by atoms with Crippen LogP contribution in [-0.2, 0) is 0 Å². The van der Waals surface area contributed by atoms with Crippen molar-refractivity contribution in [3.05, 3.63) is 29.3 Å². The second kappa shape index (κ2) is 5.76. The van der Waals surface area contributed by atoms with Gasteiger partial charge in [0.25, 0.3) is 0 Å². The number of benzene rings is 1. The van der Waals surface area contributed by atoms with E-state index in [9.17, 15) is 0 Å². The van der Waals surface area contributed by atoms with E-state index in [2.05, 4.69) is 44.3 Å². The van der Waals surface area contributed by atoms with Crippen molar-refractivity contribution in [1.29, 1.82) is 0 Å². The Labute approximate surface area is 92.9 Å². The van der Waals surface area contributed by atoms with Crippen LogP contribution in [-0.4, -0.2) is 13.1 Å². The molecule has 0 aliphatic rings. The highest BCUT2D eigenvalue weighted by Crippen LogP contribution is 2.19. The van der Waals surface area contributed by atoms with Gasteiger partial charge in [-0.3, -0.25) is 0 Å². The Balaban J connectivity index is 2.64. The smallest absolute Gasteiger partial charge is 0.0399 e. The van der Waals surface area contributed by atoms with Crippen molar-refractivity contribution in [3.8, 4) is 0 Å². The summed E-state index contributed by atoms with van der Waals surface area (Å²) in [6.45, 7) is 8.19. The molecule has 0 radical (unpaired) electrons. The predicted molar refractivity (Wildman–Crippen MR) is 67.2 cm³/mol. The molecule has 1 unspecified atom stereocenters. The van der Waals surface area contributed by atoms with Crippen molar-refractivity contribution in [2.24, 2.45) is 11.7 Å². The molecule has 0 spiro atoms. The van der Waals surface area contributed by atoms with Gasteiger partial charge in [-0.2, -0.15) is 0 Å². The van der Waals surface area contributed by atoms with Crippen LogP contribution < -0.4 is 11.1 Å². The zero-order chi connectivity index (χ0) is 11.3. The van der Waals surface area contributed by atoms with E-state index in [1.54, 1.807) is 0 Å². The van der Waals surface area contributed by atoms with Crippen LogP contribution in [0.5, 0.6) is 0 Å². The molecule has 0 aliphatic heterocycles. The maximum absolute atomic E-state index is 5.68. The van der Waals surface area contributed by atoms with Gasteiger partial charge in [-0.05, 0) is 37.4 Å². The minimum absolute atomic E-state index is 0.573. The van der Waals surface area contributed by atoms with Gasteiger partial charge in [0.1, 0.15) is 0 Å². The summed E-state index contributed by atoms with van der Waals surface area (Å²) in [6.07, 6.45) is 1.13. The van der Waals surface area contributed by atoms with Crippen LogP contribution in [0.25, 0.3) is 0 Å². The largest absolute Gasteiger partial charge is 0.384 e. The molecule has 84 valence electrons. The van der Waals surface area contributed by atoms with Crippen LogP contribution >= 0.6 is 0 Å². The van der Waals surface area contributed by atoms with Gasteiger partial charge in [0.15, 0.2) is 0 Å². The van der Waals surface area contributed by atoms with Gasteiger partial charge in [-0.15, -0.1) is 0 Å². The van der Waals surface area contributed by atoms with Crippen molar-refractivity contribution in [2.45, 2.75) is 27.2 Å². The third-order valence-electron chi connectivity index (χ3n) is 2.96. The molecule has 0 aromatic heterocycles. The molecule has 1 aromatic carbocycles. The van der Waals surface area contributed by atoms with Crippen LogP contribution in [0.15, 0.2) is 18.2 Å². The van der Waals surface area contributed by atoms with Crippen molar-refractivity contribution in [3.63, 3.8) is 0 Å². The zero-order valence-corrected chi connectivity index (χ0v) is 10.0. The van der Waals surface area contributed by atoms with Gasteiger partial charge >= 0.3 is 0 Å². The van der Waals surface area contributed by atoms with Crippen molar-refractivity contribution in [1.82, 2.24) is 0 Å². The van der Waals surface area contributed by atoms with Crippen LogP contribution in [0.1, 0.15) is 24.5 Å². The van der Waals surface area contributed by atoms with Gasteiger partial charge < -0.3 is 11.1 Å². The van der Waals surface area contributed by atoms with Gasteiger partial charge in [0.2, 0.25) is 0 Å². The highest BCUT2D eigenvalue weighted by atomic mass is 14.9. The van der Waals surface area contributed by atoms with Gasteiger partial charge in [-0.1, -0.05) is 31.5 Å². The zero-order valence-electron chi connectivity index (χ0n) is 10.0. The summed E-state index contributed by atoms with van der Waals surface area (Å²) in [5, 5.41) is 3.50. The molecule has 0 saturated heterocycles. The molecule has 0 fully saturated rings. The minimum Gasteiger partial charge on any atom is -0.384 e. The highest BCUT2D eigenvalue weighted by Gasteiger charge is 2.05. The van der Waals surface area contributed by atoms with Crippen molar-refractivity contribution in [2.75, 3.05) is 18.4 Å². The number of rotatable bonds is 5. The average Bonchev–Trinajstić information content (AvgIpc) is 2.23. The monoisotopic (exact) mass is 206 g/mol. The molecular formula is C13H22N2. The Morgan fingerprint density at radius 2 is 1.87 bits per heavy atom. The van der Waals surface area contributed by atoms with Gasteiger partial charge in [0, 0.05) is 12.2 Å². The topological polar surface area (TPSA) is 38.0 Å². The molecule has 2 heteroatoms. The van der Waals surface area contributed by atoms with Crippen LogP contribution in [0.4, 0.5) is 5.69 Å². The van der Waals surface area contributed by atoms with Gasteiger partial charge in [-0.25, -0.2) is 0 Å². The second-order valence-corrected chi connectivity index (χ2v) is 4.16. The van der Waals surface area contributed by atoms with E-state index in [0.29, 0.717) is 5.92 Å². The van der Waals surface area contributed by atoms with E-state index < -0.39 is 0 Å². The quantitative estimate of drug-likeness (QED) is 0.777. The molecule has 1 aromatic rings. The summed E-state index contributed by atoms with van der Waals surface area (Å²) in [5.74, 6) is 0.573. The number of para-hydroxylation sites is 1. The Morgan fingerprint density at radius 3 is 2.33 bits per heavy atom. The van der Waals surface area contributed by atoms with Crippen LogP contribution in [0, 0.1) is 19.8 Å². The summed E-state index contributed by atoms with van der Waals surface area (Å²) in [5.41, 5.74) is 9.57. The third-order valence-corrected chi connectivity index (χ3v) is 2.96. The maximum atomic E-state index is 5.68. The first-order valence-electron chi connectivity index (χ1n) is 5.69. The maximum Gasteiger partial charge on any atom is 0.0399 e. The molecule has 0 heterocycles. The lowest BCUT2D eigenvalue weighted by atomic mass is 10.1. The third kappa shape index (κ3) is 3.24. The van der Waals surface area contributed by atoms with Gasteiger partial charge in [0.05, 0.1) is 0 Å². The molecule has 0 bridgehead atoms. The molecule has 2 nitrogen and oxygen atoms in total. The summed E-state index contributed by atoms with van der Waals surface area (Å²) in [4.78, 5) is 0. The fraction of sp³-hybridized carbons (Fsp3) is 0.538. The van der Waals surface area contributed by atoms with E-state index >= 15 is 0 Å². The van der Waals surface area contributed by atoms with E-state index in [-0.39, 0.29) is 0 Å². The summed E-state index contributed by atoms with van der Waals surface area (Å²) in [7, 11) is 0. The summed E-state index contributed by atoms with van der Waals surface area (Å²) >= 11 is 0. The number of anilines is 1. The van der Waals surface area contributed by atoms with Crippen molar-refractivity contribution >= 4 is 5.69 Å². The Kier molecular flexibility index (Phi) is 4.63. The van der Waals surface area contributed by atoms with Crippen molar-refractivity contribution < 1.29 is 0 Å².